The van der Waals surface area contributed by atoms with Crippen molar-refractivity contribution in [3.05, 3.63) is 0 Å². The van der Waals surface area contributed by atoms with Crippen LogP contribution in [0.2, 0.25) is 0 Å². The summed E-state index contributed by atoms with van der Waals surface area (Å²) in [5, 5.41) is 10.3. The van der Waals surface area contributed by atoms with Crippen LogP contribution in [0.5, 0.6) is 0 Å². The lowest BCUT2D eigenvalue weighted by molar-refractivity contribution is -0.144. The fourth-order valence-corrected chi connectivity index (χ4v) is 1.82. The smallest absolute Gasteiger partial charge is 0.322 e. The van der Waals surface area contributed by atoms with E-state index in [0.29, 0.717) is 0 Å². The second-order valence-electron chi connectivity index (χ2n) is 3.75. The van der Waals surface area contributed by atoms with E-state index >= 15 is 0 Å². The highest BCUT2D eigenvalue weighted by molar-refractivity contribution is 5.72. The van der Waals surface area contributed by atoms with Crippen LogP contribution in [0.1, 0.15) is 39.0 Å². The maximum Gasteiger partial charge on any atom is 0.322 e. The molecule has 0 saturated heterocycles. The van der Waals surface area contributed by atoms with Crippen molar-refractivity contribution in [1.82, 2.24) is 5.01 Å². The Labute approximate surface area is 78.7 Å². The SMILES string of the molecule is CC(C(=O)O)N(N)C1CCCCC1. The normalized spacial score (nSPS) is 21.8. The van der Waals surface area contributed by atoms with E-state index in [1.807, 2.05) is 0 Å². The molecule has 76 valence electrons. The maximum absolute atomic E-state index is 10.7. The lowest BCUT2D eigenvalue weighted by Gasteiger charge is -2.32. The number of carboxylic acid groups (broad SMARTS) is 1. The Kier molecular flexibility index (Phi) is 3.69. The standard InChI is InChI=1S/C9H18N2O2/c1-7(9(12)13)11(10)8-5-3-2-4-6-8/h7-8H,2-6,10H2,1H3,(H,12,13). The molecule has 3 N–H and O–H groups in total. The molecule has 1 fully saturated rings. The van der Waals surface area contributed by atoms with Crippen LogP contribution in [-0.4, -0.2) is 28.2 Å². The third-order valence-electron chi connectivity index (χ3n) is 2.80. The summed E-state index contributed by atoms with van der Waals surface area (Å²) in [7, 11) is 0. The fourth-order valence-electron chi connectivity index (χ4n) is 1.82. The minimum atomic E-state index is -0.840. The van der Waals surface area contributed by atoms with Gasteiger partial charge in [0.25, 0.3) is 0 Å². The van der Waals surface area contributed by atoms with E-state index < -0.39 is 12.0 Å². The van der Waals surface area contributed by atoms with Gasteiger partial charge in [-0.2, -0.15) is 0 Å². The van der Waals surface area contributed by atoms with Crippen LogP contribution in [-0.2, 0) is 4.79 Å². The first-order valence-corrected chi connectivity index (χ1v) is 4.88. The van der Waals surface area contributed by atoms with Crippen LogP contribution in [0.15, 0.2) is 0 Å². The van der Waals surface area contributed by atoms with Gasteiger partial charge >= 0.3 is 5.97 Å². The third-order valence-corrected chi connectivity index (χ3v) is 2.80. The van der Waals surface area contributed by atoms with Gasteiger partial charge in [0.05, 0.1) is 0 Å². The average molecular weight is 186 g/mol. The highest BCUT2D eigenvalue weighted by Crippen LogP contribution is 2.21. The predicted octanol–water partition coefficient (Wildman–Crippen LogP) is 0.968. The molecule has 0 aromatic rings. The van der Waals surface area contributed by atoms with Gasteiger partial charge in [0.1, 0.15) is 6.04 Å². The Balaban J connectivity index is 2.44. The van der Waals surface area contributed by atoms with Crippen molar-refractivity contribution in [2.45, 2.75) is 51.1 Å². The van der Waals surface area contributed by atoms with Gasteiger partial charge in [0, 0.05) is 6.04 Å². The number of hydrazine groups is 1. The summed E-state index contributed by atoms with van der Waals surface area (Å²) in [5.41, 5.74) is 0. The van der Waals surface area contributed by atoms with Crippen molar-refractivity contribution in [2.75, 3.05) is 0 Å². The number of hydrogen-bond acceptors (Lipinski definition) is 3. The monoisotopic (exact) mass is 186 g/mol. The summed E-state index contributed by atoms with van der Waals surface area (Å²) < 4.78 is 0. The molecule has 1 atom stereocenters. The summed E-state index contributed by atoms with van der Waals surface area (Å²) in [6, 6.07) is -0.303. The van der Waals surface area contributed by atoms with Gasteiger partial charge in [0.15, 0.2) is 0 Å². The Morgan fingerprint density at radius 3 is 2.46 bits per heavy atom. The zero-order valence-electron chi connectivity index (χ0n) is 8.07. The number of rotatable bonds is 3. The van der Waals surface area contributed by atoms with E-state index in [4.69, 9.17) is 10.9 Å². The van der Waals surface area contributed by atoms with E-state index in [-0.39, 0.29) is 6.04 Å². The van der Waals surface area contributed by atoms with Crippen molar-refractivity contribution in [3.8, 4) is 0 Å². The molecule has 4 heteroatoms. The molecule has 0 bridgehead atoms. The molecule has 1 unspecified atom stereocenters. The van der Waals surface area contributed by atoms with Crippen LogP contribution < -0.4 is 5.84 Å². The predicted molar refractivity (Wildman–Crippen MR) is 50.0 cm³/mol. The van der Waals surface area contributed by atoms with E-state index in [9.17, 15) is 4.79 Å². The Hall–Kier alpha value is -0.610. The average Bonchev–Trinajstić information content (AvgIpc) is 2.17. The van der Waals surface area contributed by atoms with Crippen molar-refractivity contribution in [2.24, 2.45) is 5.84 Å². The van der Waals surface area contributed by atoms with Gasteiger partial charge in [-0.15, -0.1) is 0 Å². The van der Waals surface area contributed by atoms with E-state index in [2.05, 4.69) is 0 Å². The molecule has 1 saturated carbocycles. The molecular formula is C9H18N2O2. The number of nitrogens with zero attached hydrogens (tertiary/aromatic N) is 1. The van der Waals surface area contributed by atoms with Gasteiger partial charge in [-0.1, -0.05) is 19.3 Å². The zero-order valence-corrected chi connectivity index (χ0v) is 8.07. The van der Waals surface area contributed by atoms with E-state index in [1.54, 1.807) is 6.92 Å². The number of aliphatic carboxylic acids is 1. The van der Waals surface area contributed by atoms with Crippen molar-refractivity contribution in [1.29, 1.82) is 0 Å². The molecule has 4 nitrogen and oxygen atoms in total. The summed E-state index contributed by atoms with van der Waals surface area (Å²) in [6.45, 7) is 1.64. The van der Waals surface area contributed by atoms with Crippen molar-refractivity contribution < 1.29 is 9.90 Å². The minimum Gasteiger partial charge on any atom is -0.480 e. The molecule has 1 aliphatic rings. The highest BCUT2D eigenvalue weighted by Gasteiger charge is 2.26. The quantitative estimate of drug-likeness (QED) is 0.509. The van der Waals surface area contributed by atoms with Gasteiger partial charge in [-0.05, 0) is 19.8 Å². The van der Waals surface area contributed by atoms with Crippen LogP contribution in [0.3, 0.4) is 0 Å². The molecule has 0 spiro atoms. The number of hydrogen-bond donors (Lipinski definition) is 2. The summed E-state index contributed by atoms with van der Waals surface area (Å²) in [5.74, 6) is 4.91. The topological polar surface area (TPSA) is 66.6 Å². The zero-order chi connectivity index (χ0) is 9.84. The molecule has 0 amide bonds. The molecule has 13 heavy (non-hydrogen) atoms. The van der Waals surface area contributed by atoms with Crippen molar-refractivity contribution in [3.63, 3.8) is 0 Å². The molecule has 0 aromatic heterocycles. The Bertz CT molecular complexity index is 178. The molecule has 0 aromatic carbocycles. The van der Waals surface area contributed by atoms with Crippen LogP contribution in [0, 0.1) is 0 Å². The van der Waals surface area contributed by atoms with Crippen LogP contribution in [0.4, 0.5) is 0 Å². The second kappa shape index (κ2) is 4.58. The largest absolute Gasteiger partial charge is 0.480 e. The fraction of sp³-hybridized carbons (Fsp3) is 0.889. The van der Waals surface area contributed by atoms with Gasteiger partial charge < -0.3 is 5.11 Å². The minimum absolute atomic E-state index is 0.264. The molecular weight excluding hydrogens is 168 g/mol. The first-order chi connectivity index (χ1) is 6.13. The third kappa shape index (κ3) is 2.67. The van der Waals surface area contributed by atoms with E-state index in [0.717, 1.165) is 12.8 Å². The van der Waals surface area contributed by atoms with Crippen LogP contribution >= 0.6 is 0 Å². The van der Waals surface area contributed by atoms with Crippen molar-refractivity contribution >= 4 is 5.97 Å². The molecule has 0 radical (unpaired) electrons. The maximum atomic E-state index is 10.7. The van der Waals surface area contributed by atoms with Crippen LogP contribution in [0.25, 0.3) is 0 Å². The summed E-state index contributed by atoms with van der Waals surface area (Å²) in [4.78, 5) is 10.7. The highest BCUT2D eigenvalue weighted by atomic mass is 16.4. The number of nitrogens with two attached hydrogens (primary N) is 1. The number of carbonyl (C=O) groups is 1. The summed E-state index contributed by atoms with van der Waals surface area (Å²) >= 11 is 0. The molecule has 0 aliphatic heterocycles. The summed E-state index contributed by atoms with van der Waals surface area (Å²) in [6.07, 6.45) is 5.67. The lowest BCUT2D eigenvalue weighted by atomic mass is 9.94. The first kappa shape index (κ1) is 10.5. The Morgan fingerprint density at radius 1 is 1.46 bits per heavy atom. The molecule has 0 heterocycles. The van der Waals surface area contributed by atoms with E-state index in [1.165, 1.54) is 24.3 Å². The van der Waals surface area contributed by atoms with Gasteiger partial charge in [-0.25, -0.2) is 5.01 Å². The first-order valence-electron chi connectivity index (χ1n) is 4.88. The van der Waals surface area contributed by atoms with Gasteiger partial charge in [0.2, 0.25) is 0 Å². The molecule has 1 rings (SSSR count). The molecule has 1 aliphatic carbocycles. The lowest BCUT2D eigenvalue weighted by Crippen LogP contribution is -2.50. The number of carboxylic acids is 1. The Morgan fingerprint density at radius 2 is 2.00 bits per heavy atom. The van der Waals surface area contributed by atoms with Gasteiger partial charge in [-0.3, -0.25) is 10.6 Å². The second-order valence-corrected chi connectivity index (χ2v) is 3.75.